The fraction of sp³-hybridized carbons (Fsp3) is 0.527. The predicted molar refractivity (Wildman–Crippen MR) is 242 cm³/mol. The average Bonchev–Trinajstić information content (AvgIpc) is 4.23. The van der Waals surface area contributed by atoms with Gasteiger partial charge in [0.15, 0.2) is 23.4 Å². The maximum atomic E-state index is 14.0. The Hall–Kier alpha value is -4.94. The van der Waals surface area contributed by atoms with Crippen molar-refractivity contribution >= 4 is 34.3 Å². The number of benzene rings is 4. The van der Waals surface area contributed by atoms with E-state index >= 15 is 0 Å². The Morgan fingerprint density at radius 3 is 1.80 bits per heavy atom. The zero-order valence-electron chi connectivity index (χ0n) is 37.3. The van der Waals surface area contributed by atoms with Crippen molar-refractivity contribution < 1.29 is 43.6 Å². The minimum atomic E-state index is -1.10. The van der Waals surface area contributed by atoms with Gasteiger partial charge in [-0.3, -0.25) is 29.0 Å². The summed E-state index contributed by atoms with van der Waals surface area (Å²) >= 11 is 0. The first-order valence-electron chi connectivity index (χ1n) is 24.9. The monoisotopic (exact) mass is 888 g/mol. The number of carbonyl (C=O) groups excluding carboxylic acids is 4. The molecular weight excluding hydrogens is 833 g/mol. The van der Waals surface area contributed by atoms with E-state index in [0.29, 0.717) is 61.9 Å². The molecule has 2 N–H and O–H groups in total. The highest BCUT2D eigenvalue weighted by molar-refractivity contribution is 5.95. The quantitative estimate of drug-likeness (QED) is 0.147. The van der Waals surface area contributed by atoms with Crippen LogP contribution in [0, 0.1) is 17.8 Å². The van der Waals surface area contributed by atoms with Crippen LogP contribution in [0.15, 0.2) is 60.7 Å². The number of esters is 2. The highest BCUT2D eigenvalue weighted by Crippen LogP contribution is 2.67. The number of piperidine rings is 2. The van der Waals surface area contributed by atoms with E-state index in [-0.39, 0.29) is 54.6 Å². The van der Waals surface area contributed by atoms with Crippen LogP contribution in [-0.4, -0.2) is 99.1 Å². The summed E-state index contributed by atoms with van der Waals surface area (Å²) in [6, 6.07) is 19.2. The lowest BCUT2D eigenvalue weighted by Gasteiger charge is -2.64. The maximum absolute atomic E-state index is 14.0. The third-order valence-electron chi connectivity index (χ3n) is 18.9. The first-order chi connectivity index (χ1) is 32.0. The van der Waals surface area contributed by atoms with Gasteiger partial charge in [-0.15, -0.1) is 0 Å². The normalized spacial score (nSPS) is 34.5. The fourth-order valence-electron chi connectivity index (χ4n) is 15.7. The van der Waals surface area contributed by atoms with Crippen LogP contribution >= 0.6 is 0 Å². The smallest absolute Gasteiger partial charge is 0.315 e. The molecule has 0 unspecified atom stereocenters. The molecule has 11 nitrogen and oxygen atoms in total. The van der Waals surface area contributed by atoms with Crippen LogP contribution in [-0.2, 0) is 62.1 Å². The number of hydrogen-bond donors (Lipinski definition) is 2. The molecule has 0 amide bonds. The van der Waals surface area contributed by atoms with E-state index in [9.17, 15) is 29.4 Å². The summed E-state index contributed by atoms with van der Waals surface area (Å²) in [4.78, 5) is 60.3. The number of carbonyl (C=O) groups is 4. The van der Waals surface area contributed by atoms with Gasteiger partial charge in [-0.2, -0.15) is 0 Å². The number of ether oxygens (including phenoxy) is 3. The van der Waals surface area contributed by atoms with E-state index in [1.807, 2.05) is 48.5 Å². The number of nitrogens with zero attached hydrogens (tertiary/aromatic N) is 2. The van der Waals surface area contributed by atoms with E-state index in [4.69, 9.17) is 14.2 Å². The zero-order chi connectivity index (χ0) is 44.5. The van der Waals surface area contributed by atoms with E-state index in [0.717, 1.165) is 83.2 Å². The molecule has 4 saturated carbocycles. The summed E-state index contributed by atoms with van der Waals surface area (Å²) in [6.45, 7) is 3.66. The van der Waals surface area contributed by atoms with Crippen molar-refractivity contribution in [2.45, 2.75) is 137 Å². The number of hydrogen-bond acceptors (Lipinski definition) is 11. The molecule has 3 heterocycles. The van der Waals surface area contributed by atoms with Gasteiger partial charge in [-0.25, -0.2) is 0 Å². The van der Waals surface area contributed by atoms with Gasteiger partial charge in [0.2, 0.25) is 0 Å². The van der Waals surface area contributed by atoms with Gasteiger partial charge >= 0.3 is 11.9 Å². The maximum Gasteiger partial charge on any atom is 0.315 e. The predicted octanol–water partition coefficient (Wildman–Crippen LogP) is 5.81. The number of ketones is 2. The molecule has 2 spiro atoms. The lowest BCUT2D eigenvalue weighted by atomic mass is 9.48. The highest BCUT2D eigenvalue weighted by atomic mass is 16.6. The Labute approximate surface area is 383 Å². The lowest BCUT2D eigenvalue weighted by Crippen LogP contribution is -2.76. The van der Waals surface area contributed by atoms with Gasteiger partial charge in [0, 0.05) is 54.9 Å². The summed E-state index contributed by atoms with van der Waals surface area (Å²) < 4.78 is 19.0. The largest absolute Gasteiger partial charge is 0.477 e. The van der Waals surface area contributed by atoms with Crippen molar-refractivity contribution in [3.05, 3.63) is 99.6 Å². The van der Waals surface area contributed by atoms with E-state index < -0.39 is 40.1 Å². The van der Waals surface area contributed by atoms with Crippen LogP contribution in [0.3, 0.4) is 0 Å². The van der Waals surface area contributed by atoms with Gasteiger partial charge in [0.1, 0.15) is 11.5 Å². The minimum Gasteiger partial charge on any atom is -0.477 e. The van der Waals surface area contributed by atoms with Gasteiger partial charge in [-0.05, 0) is 152 Å². The molecule has 6 fully saturated rings. The van der Waals surface area contributed by atoms with Crippen molar-refractivity contribution in [1.82, 2.24) is 9.80 Å². The molecule has 340 valence electrons. The van der Waals surface area contributed by atoms with Gasteiger partial charge in [0.25, 0.3) is 0 Å². The minimum absolute atomic E-state index is 0.000409. The van der Waals surface area contributed by atoms with Crippen LogP contribution in [0.4, 0.5) is 0 Å². The second-order valence-corrected chi connectivity index (χ2v) is 22.0. The first-order valence-corrected chi connectivity index (χ1v) is 24.9. The van der Waals surface area contributed by atoms with E-state index in [2.05, 4.69) is 15.9 Å². The molecule has 3 aliphatic heterocycles. The van der Waals surface area contributed by atoms with Crippen molar-refractivity contribution in [2.24, 2.45) is 17.8 Å². The number of fused-ring (bicyclic) bond motifs is 1. The molecule has 0 aromatic heterocycles. The SMILES string of the molecule is O=C(Cc1cccc2c(CC(=O)Oc3ccc4c5c3O[C@H]3C(=O)CC[C@@]6(O)[C@@H](C4)N(CC4CC4)CC[C@]536)cccc12)Oc1ccc2c3c1C[C@H]1C(=O)CC[C@@]4(O)[C@@H](C2)N(CC2CC2)CC[C@]314. The topological polar surface area (TPSA) is 143 Å². The molecular formula is C55H56N2O9. The van der Waals surface area contributed by atoms with Gasteiger partial charge in [0.05, 0.1) is 29.5 Å². The van der Waals surface area contributed by atoms with Gasteiger partial charge < -0.3 is 24.4 Å². The molecule has 66 heavy (non-hydrogen) atoms. The summed E-state index contributed by atoms with van der Waals surface area (Å²) in [6.07, 6.45) is 8.91. The molecule has 2 saturated heterocycles. The van der Waals surface area contributed by atoms with E-state index in [1.54, 1.807) is 6.07 Å². The molecule has 10 aliphatic rings. The Kier molecular flexibility index (Phi) is 8.42. The van der Waals surface area contributed by atoms with Crippen LogP contribution in [0.5, 0.6) is 17.2 Å². The van der Waals surface area contributed by atoms with Crippen molar-refractivity contribution in [3.8, 4) is 17.2 Å². The van der Waals surface area contributed by atoms with Gasteiger partial charge in [-0.1, -0.05) is 48.5 Å². The summed E-state index contributed by atoms with van der Waals surface area (Å²) in [5.41, 5.74) is 2.99. The third kappa shape index (κ3) is 5.34. The molecule has 7 aliphatic carbocycles. The molecule has 4 bridgehead atoms. The second-order valence-electron chi connectivity index (χ2n) is 22.0. The Balaban J connectivity index is 0.717. The van der Waals surface area contributed by atoms with E-state index in [1.165, 1.54) is 31.2 Å². The molecule has 4 aromatic carbocycles. The second kappa shape index (κ2) is 13.8. The number of likely N-dealkylation sites (tertiary alicyclic amines) is 2. The van der Waals surface area contributed by atoms with Crippen LogP contribution in [0.1, 0.15) is 103 Å². The van der Waals surface area contributed by atoms with Crippen molar-refractivity contribution in [3.63, 3.8) is 0 Å². The number of rotatable bonds is 10. The molecule has 11 heteroatoms. The molecule has 0 radical (unpaired) electrons. The molecule has 8 atom stereocenters. The highest BCUT2D eigenvalue weighted by Gasteiger charge is 2.74. The average molecular weight is 889 g/mol. The van der Waals surface area contributed by atoms with Crippen LogP contribution in [0.2, 0.25) is 0 Å². The standard InChI is InChI=1S/C55H56N2O9/c58-40-15-17-54(62)44-23-34-11-13-42(38-27-39(40)52(54,48(34)38)19-21-56(44)28-30-7-8-30)64-46(60)25-32-3-1-6-37-33(4-2-5-36(32)37)26-47(61)65-43-14-12-35-24-45-55(63)18-16-41(59)51-53(55,49(35)50(43)66-51)20-22-57(45)29-31-9-10-31/h1-6,11-14,30-31,39,44-45,51,62-63H,7-10,15-29H2/t39-,44+,45+,51-,52+,53-,54+,55+/m0/s1. The summed E-state index contributed by atoms with van der Waals surface area (Å²) in [5.74, 6) is 1.58. The van der Waals surface area contributed by atoms with Crippen LogP contribution < -0.4 is 14.2 Å². The Morgan fingerprint density at radius 1 is 0.636 bits per heavy atom. The fourth-order valence-corrected chi connectivity index (χ4v) is 15.7. The summed E-state index contributed by atoms with van der Waals surface area (Å²) in [5, 5.41) is 27.1. The third-order valence-corrected chi connectivity index (χ3v) is 18.9. The summed E-state index contributed by atoms with van der Waals surface area (Å²) in [7, 11) is 0. The Bertz CT molecular complexity index is 2660. The number of Topliss-reactive ketones (excluding diaryl/α,β-unsaturated/α-hetero) is 2. The Morgan fingerprint density at radius 2 is 1.18 bits per heavy atom. The molecule has 14 rings (SSSR count). The van der Waals surface area contributed by atoms with Crippen molar-refractivity contribution in [2.75, 3.05) is 26.2 Å². The zero-order valence-corrected chi connectivity index (χ0v) is 37.3. The number of aliphatic hydroxyl groups is 2. The van der Waals surface area contributed by atoms with Crippen molar-refractivity contribution in [1.29, 1.82) is 0 Å². The lowest BCUT2D eigenvalue weighted by molar-refractivity contribution is -0.188. The molecule has 4 aromatic rings. The van der Waals surface area contributed by atoms with Crippen LogP contribution in [0.25, 0.3) is 10.8 Å². The first kappa shape index (κ1) is 40.2.